The van der Waals surface area contributed by atoms with E-state index in [2.05, 4.69) is 31.1 Å². The lowest BCUT2D eigenvalue weighted by atomic mass is 10.1. The number of hydrogen-bond acceptors (Lipinski definition) is 1. The molecule has 0 unspecified atom stereocenters. The monoisotopic (exact) mass is 250 g/mol. The quantitative estimate of drug-likeness (QED) is 0.852. The Morgan fingerprint density at radius 3 is 2.82 bits per heavy atom. The molecule has 3 heteroatoms. The lowest BCUT2D eigenvalue weighted by Gasteiger charge is -2.08. The SMILES string of the molecule is Cc1[nH]c2ccc(Cl)cc2c1CCNC(C)C. The highest BCUT2D eigenvalue weighted by Gasteiger charge is 2.08. The van der Waals surface area contributed by atoms with E-state index in [1.165, 1.54) is 22.2 Å². The Hall–Kier alpha value is -0.990. The topological polar surface area (TPSA) is 27.8 Å². The molecule has 0 aliphatic rings. The Labute approximate surface area is 107 Å². The average Bonchev–Trinajstić information content (AvgIpc) is 2.55. The van der Waals surface area contributed by atoms with Crippen LogP contribution in [0, 0.1) is 6.92 Å². The fourth-order valence-electron chi connectivity index (χ4n) is 2.16. The van der Waals surface area contributed by atoms with Gasteiger partial charge in [0.1, 0.15) is 0 Å². The van der Waals surface area contributed by atoms with E-state index < -0.39 is 0 Å². The van der Waals surface area contributed by atoms with Gasteiger partial charge in [0.15, 0.2) is 0 Å². The molecule has 92 valence electrons. The molecule has 0 fully saturated rings. The van der Waals surface area contributed by atoms with Crippen molar-refractivity contribution in [3.8, 4) is 0 Å². The number of nitrogens with one attached hydrogen (secondary N) is 2. The summed E-state index contributed by atoms with van der Waals surface area (Å²) in [5.74, 6) is 0. The van der Waals surface area contributed by atoms with E-state index in [0.717, 1.165) is 18.0 Å². The van der Waals surface area contributed by atoms with Crippen LogP contribution in [-0.2, 0) is 6.42 Å². The van der Waals surface area contributed by atoms with Crippen molar-refractivity contribution >= 4 is 22.5 Å². The minimum absolute atomic E-state index is 0.532. The fourth-order valence-corrected chi connectivity index (χ4v) is 2.33. The molecule has 2 nitrogen and oxygen atoms in total. The van der Waals surface area contributed by atoms with Gasteiger partial charge in [-0.25, -0.2) is 0 Å². The number of H-pyrrole nitrogens is 1. The van der Waals surface area contributed by atoms with Crippen LogP contribution >= 0.6 is 11.6 Å². The smallest absolute Gasteiger partial charge is 0.0459 e. The minimum atomic E-state index is 0.532. The van der Waals surface area contributed by atoms with Crippen molar-refractivity contribution in [1.82, 2.24) is 10.3 Å². The molecule has 2 rings (SSSR count). The predicted molar refractivity (Wildman–Crippen MR) is 74.9 cm³/mol. The standard InChI is InChI=1S/C14H19ClN2/c1-9(2)16-7-6-12-10(3)17-14-5-4-11(15)8-13(12)14/h4-5,8-9,16-17H,6-7H2,1-3H3. The number of hydrogen-bond donors (Lipinski definition) is 2. The molecule has 0 saturated carbocycles. The van der Waals surface area contributed by atoms with Crippen LogP contribution in [0.25, 0.3) is 10.9 Å². The third-order valence-electron chi connectivity index (χ3n) is 3.01. The van der Waals surface area contributed by atoms with E-state index in [9.17, 15) is 0 Å². The summed E-state index contributed by atoms with van der Waals surface area (Å²) >= 11 is 6.05. The van der Waals surface area contributed by atoms with Gasteiger partial charge in [-0.05, 0) is 43.7 Å². The summed E-state index contributed by atoms with van der Waals surface area (Å²) in [6, 6.07) is 6.55. The number of aromatic nitrogens is 1. The van der Waals surface area contributed by atoms with Crippen molar-refractivity contribution in [2.24, 2.45) is 0 Å². The van der Waals surface area contributed by atoms with Crippen molar-refractivity contribution in [1.29, 1.82) is 0 Å². The molecule has 0 saturated heterocycles. The number of aromatic amines is 1. The Bertz CT molecular complexity index is 514. The molecule has 0 amide bonds. The molecular formula is C14H19ClN2. The first-order valence-electron chi connectivity index (χ1n) is 6.08. The highest BCUT2D eigenvalue weighted by atomic mass is 35.5. The highest BCUT2D eigenvalue weighted by Crippen LogP contribution is 2.25. The molecule has 0 aliphatic heterocycles. The van der Waals surface area contributed by atoms with Crippen LogP contribution in [0.2, 0.25) is 5.02 Å². The first-order valence-corrected chi connectivity index (χ1v) is 6.46. The summed E-state index contributed by atoms with van der Waals surface area (Å²) in [4.78, 5) is 3.41. The largest absolute Gasteiger partial charge is 0.358 e. The Kier molecular flexibility index (Phi) is 3.75. The van der Waals surface area contributed by atoms with Gasteiger partial charge in [0.25, 0.3) is 0 Å². The van der Waals surface area contributed by atoms with Crippen LogP contribution in [0.15, 0.2) is 18.2 Å². The summed E-state index contributed by atoms with van der Waals surface area (Å²) in [6.07, 6.45) is 1.03. The lowest BCUT2D eigenvalue weighted by molar-refractivity contribution is 0.590. The zero-order valence-corrected chi connectivity index (χ0v) is 11.4. The van der Waals surface area contributed by atoms with E-state index in [0.29, 0.717) is 6.04 Å². The van der Waals surface area contributed by atoms with Crippen LogP contribution in [0.5, 0.6) is 0 Å². The number of halogens is 1. The van der Waals surface area contributed by atoms with Gasteiger partial charge >= 0.3 is 0 Å². The molecule has 0 radical (unpaired) electrons. The maximum Gasteiger partial charge on any atom is 0.0459 e. The van der Waals surface area contributed by atoms with Crippen molar-refractivity contribution < 1.29 is 0 Å². The van der Waals surface area contributed by atoms with Crippen LogP contribution in [0.4, 0.5) is 0 Å². The zero-order valence-electron chi connectivity index (χ0n) is 10.6. The lowest BCUT2D eigenvalue weighted by Crippen LogP contribution is -2.25. The van der Waals surface area contributed by atoms with Gasteiger partial charge in [-0.2, -0.15) is 0 Å². The number of rotatable bonds is 4. The van der Waals surface area contributed by atoms with Crippen molar-refractivity contribution in [3.63, 3.8) is 0 Å². The Balaban J connectivity index is 2.26. The van der Waals surface area contributed by atoms with Crippen molar-refractivity contribution in [3.05, 3.63) is 34.5 Å². The van der Waals surface area contributed by atoms with Crippen LogP contribution in [0.1, 0.15) is 25.1 Å². The zero-order chi connectivity index (χ0) is 12.4. The van der Waals surface area contributed by atoms with Gasteiger partial charge in [0.2, 0.25) is 0 Å². The van der Waals surface area contributed by atoms with E-state index in [1.54, 1.807) is 0 Å². The fraction of sp³-hybridized carbons (Fsp3) is 0.429. The predicted octanol–water partition coefficient (Wildman–Crippen LogP) is 3.67. The highest BCUT2D eigenvalue weighted by molar-refractivity contribution is 6.31. The second-order valence-electron chi connectivity index (χ2n) is 4.78. The molecule has 0 bridgehead atoms. The second-order valence-corrected chi connectivity index (χ2v) is 5.21. The summed E-state index contributed by atoms with van der Waals surface area (Å²) in [5, 5.41) is 5.49. The number of fused-ring (bicyclic) bond motifs is 1. The average molecular weight is 251 g/mol. The van der Waals surface area contributed by atoms with Gasteiger partial charge in [-0.1, -0.05) is 25.4 Å². The maximum absolute atomic E-state index is 6.05. The van der Waals surface area contributed by atoms with Gasteiger partial charge in [-0.15, -0.1) is 0 Å². The summed E-state index contributed by atoms with van der Waals surface area (Å²) in [6.45, 7) is 7.45. The molecule has 1 heterocycles. The van der Waals surface area contributed by atoms with E-state index >= 15 is 0 Å². The molecule has 17 heavy (non-hydrogen) atoms. The van der Waals surface area contributed by atoms with Crippen molar-refractivity contribution in [2.75, 3.05) is 6.54 Å². The molecule has 2 aromatic rings. The molecule has 0 spiro atoms. The Morgan fingerprint density at radius 1 is 1.35 bits per heavy atom. The summed E-state index contributed by atoms with van der Waals surface area (Å²) < 4.78 is 0. The normalized spacial score (nSPS) is 11.6. The van der Waals surface area contributed by atoms with Crippen LogP contribution in [-0.4, -0.2) is 17.6 Å². The van der Waals surface area contributed by atoms with Crippen molar-refractivity contribution in [2.45, 2.75) is 33.2 Å². The minimum Gasteiger partial charge on any atom is -0.358 e. The van der Waals surface area contributed by atoms with Gasteiger partial charge in [-0.3, -0.25) is 0 Å². The maximum atomic E-state index is 6.05. The first-order chi connectivity index (χ1) is 8.08. The molecule has 0 aliphatic carbocycles. The van der Waals surface area contributed by atoms with E-state index in [-0.39, 0.29) is 0 Å². The molecule has 1 aromatic carbocycles. The molecule has 0 atom stereocenters. The number of aryl methyl sites for hydroxylation is 1. The Morgan fingerprint density at radius 2 is 2.12 bits per heavy atom. The van der Waals surface area contributed by atoms with E-state index in [4.69, 9.17) is 11.6 Å². The molecular weight excluding hydrogens is 232 g/mol. The van der Waals surface area contributed by atoms with Gasteiger partial charge < -0.3 is 10.3 Å². The van der Waals surface area contributed by atoms with Gasteiger partial charge in [0, 0.05) is 27.7 Å². The summed E-state index contributed by atoms with van der Waals surface area (Å²) in [7, 11) is 0. The third kappa shape index (κ3) is 2.82. The molecule has 2 N–H and O–H groups in total. The molecule has 1 aromatic heterocycles. The second kappa shape index (κ2) is 5.11. The number of benzene rings is 1. The third-order valence-corrected chi connectivity index (χ3v) is 3.24. The van der Waals surface area contributed by atoms with Gasteiger partial charge in [0.05, 0.1) is 0 Å². The first kappa shape index (κ1) is 12.5. The van der Waals surface area contributed by atoms with Crippen LogP contribution < -0.4 is 5.32 Å². The van der Waals surface area contributed by atoms with E-state index in [1.807, 2.05) is 18.2 Å². The summed E-state index contributed by atoms with van der Waals surface area (Å²) in [5.41, 5.74) is 3.79. The van der Waals surface area contributed by atoms with Crippen LogP contribution in [0.3, 0.4) is 0 Å².